The lowest BCUT2D eigenvalue weighted by molar-refractivity contribution is 1.06. The maximum Gasteiger partial charge on any atom is 0.137 e. The van der Waals surface area contributed by atoms with Gasteiger partial charge in [0.2, 0.25) is 0 Å². The minimum absolute atomic E-state index is 0.935. The normalized spacial score (nSPS) is 11.9. The van der Waals surface area contributed by atoms with Crippen molar-refractivity contribution in [2.24, 2.45) is 0 Å². The van der Waals surface area contributed by atoms with Gasteiger partial charge in [-0.15, -0.1) is 0 Å². The third kappa shape index (κ3) is 2.71. The van der Waals surface area contributed by atoms with Crippen LogP contribution in [-0.4, -0.2) is 14.1 Å². The van der Waals surface area contributed by atoms with Crippen LogP contribution in [0.1, 0.15) is 0 Å². The van der Waals surface area contributed by atoms with E-state index in [1.165, 1.54) is 43.7 Å². The Balaban J connectivity index is 1.41. The second kappa shape index (κ2) is 7.30. The van der Waals surface area contributed by atoms with Crippen LogP contribution in [0.3, 0.4) is 0 Å². The molecule has 3 aromatic heterocycles. The molecule has 0 unspecified atom stereocenters. The number of para-hydroxylation sites is 3. The van der Waals surface area contributed by atoms with Gasteiger partial charge in [0.05, 0.1) is 22.1 Å². The Morgan fingerprint density at radius 3 is 2.19 bits per heavy atom. The van der Waals surface area contributed by atoms with Crippen LogP contribution in [0, 0.1) is 0 Å². The van der Waals surface area contributed by atoms with Crippen molar-refractivity contribution in [1.29, 1.82) is 0 Å². The number of rotatable bonds is 2. The largest absolute Gasteiger partial charge is 0.309 e. The molecule has 0 aliphatic heterocycles. The molecule has 3 heterocycles. The van der Waals surface area contributed by atoms with Gasteiger partial charge in [-0.3, -0.25) is 0 Å². The average molecular weight is 460 g/mol. The number of hydrogen-bond donors (Lipinski definition) is 0. The van der Waals surface area contributed by atoms with Gasteiger partial charge in [-0.05, 0) is 71.4 Å². The first-order valence-electron chi connectivity index (χ1n) is 12.2. The van der Waals surface area contributed by atoms with E-state index in [1.54, 1.807) is 0 Å². The lowest BCUT2D eigenvalue weighted by Crippen LogP contribution is -1.96. The van der Waals surface area contributed by atoms with Crippen molar-refractivity contribution >= 4 is 54.4 Å². The highest BCUT2D eigenvalue weighted by Crippen LogP contribution is 2.37. The summed E-state index contributed by atoms with van der Waals surface area (Å²) in [6.07, 6.45) is 2.14. The molecule has 0 aliphatic carbocycles. The molecule has 0 N–H and O–H groups in total. The highest BCUT2D eigenvalue weighted by Gasteiger charge is 2.15. The molecule has 0 atom stereocenters. The Bertz CT molecular complexity index is 2100. The van der Waals surface area contributed by atoms with Crippen molar-refractivity contribution in [3.8, 4) is 11.5 Å². The van der Waals surface area contributed by atoms with E-state index in [1.807, 2.05) is 6.07 Å². The van der Waals surface area contributed by atoms with Crippen LogP contribution < -0.4 is 0 Å². The molecule has 8 rings (SSSR count). The number of nitrogens with zero attached hydrogens (tertiary/aromatic N) is 3. The maximum atomic E-state index is 4.94. The molecular formula is C33H21N3. The van der Waals surface area contributed by atoms with Crippen LogP contribution in [-0.2, 0) is 0 Å². The number of hydrogen-bond acceptors (Lipinski definition) is 1. The van der Waals surface area contributed by atoms with E-state index in [4.69, 9.17) is 4.98 Å². The summed E-state index contributed by atoms with van der Waals surface area (Å²) in [6.45, 7) is 0. The molecule has 0 aliphatic rings. The molecule has 0 bridgehead atoms. The first kappa shape index (κ1) is 19.4. The van der Waals surface area contributed by atoms with Crippen molar-refractivity contribution in [2.45, 2.75) is 0 Å². The molecule has 3 nitrogen and oxygen atoms in total. The van der Waals surface area contributed by atoms with Crippen molar-refractivity contribution in [2.75, 3.05) is 0 Å². The van der Waals surface area contributed by atoms with Crippen molar-refractivity contribution in [1.82, 2.24) is 14.1 Å². The second-order valence-corrected chi connectivity index (χ2v) is 9.32. The van der Waals surface area contributed by atoms with E-state index in [9.17, 15) is 0 Å². The van der Waals surface area contributed by atoms with Crippen LogP contribution in [0.4, 0.5) is 0 Å². The summed E-state index contributed by atoms with van der Waals surface area (Å²) in [4.78, 5) is 4.94. The Morgan fingerprint density at radius 2 is 1.25 bits per heavy atom. The lowest BCUT2D eigenvalue weighted by atomic mass is 10.0. The quantitative estimate of drug-likeness (QED) is 0.254. The second-order valence-electron chi connectivity index (χ2n) is 9.32. The van der Waals surface area contributed by atoms with Gasteiger partial charge in [-0.2, -0.15) is 0 Å². The summed E-state index contributed by atoms with van der Waals surface area (Å²) in [6, 6.07) is 43.2. The van der Waals surface area contributed by atoms with E-state index in [2.05, 4.69) is 131 Å². The molecular weight excluding hydrogens is 438 g/mol. The topological polar surface area (TPSA) is 22.8 Å². The number of pyridine rings is 1. The summed E-state index contributed by atoms with van der Waals surface area (Å²) < 4.78 is 4.57. The standard InChI is InChI=1S/C33H21N3/c1-2-9-24(10-3-1)36-31-13-7-5-11-25(31)28-21-27-23(20-32(28)36)14-16-30-26(27)18-19-35(30)33-17-15-22-8-4-6-12-29(22)34-33/h1-21H. The Kier molecular flexibility index (Phi) is 3.94. The van der Waals surface area contributed by atoms with Crippen LogP contribution in [0.2, 0.25) is 0 Å². The third-order valence-corrected chi connectivity index (χ3v) is 7.33. The minimum atomic E-state index is 0.935. The zero-order chi connectivity index (χ0) is 23.6. The molecule has 0 spiro atoms. The van der Waals surface area contributed by atoms with Gasteiger partial charge in [-0.25, -0.2) is 4.98 Å². The van der Waals surface area contributed by atoms with E-state index in [-0.39, 0.29) is 0 Å². The fourth-order valence-corrected chi connectivity index (χ4v) is 5.66. The van der Waals surface area contributed by atoms with Crippen molar-refractivity contribution in [3.63, 3.8) is 0 Å². The fraction of sp³-hybridized carbons (Fsp3) is 0. The number of fused-ring (bicyclic) bond motifs is 7. The summed E-state index contributed by atoms with van der Waals surface area (Å²) in [5.74, 6) is 0.935. The fourth-order valence-electron chi connectivity index (χ4n) is 5.66. The minimum Gasteiger partial charge on any atom is -0.309 e. The first-order valence-corrected chi connectivity index (χ1v) is 12.2. The SMILES string of the molecule is c1ccc(-n2c3ccccc3c3cc4c(ccc5c4ccn5-c4ccc5ccccc5n4)cc32)cc1. The zero-order valence-corrected chi connectivity index (χ0v) is 19.5. The Hall–Kier alpha value is -4.89. The third-order valence-electron chi connectivity index (χ3n) is 7.33. The van der Waals surface area contributed by atoms with E-state index in [0.717, 1.165) is 22.2 Å². The lowest BCUT2D eigenvalue weighted by Gasteiger charge is -2.09. The Labute approximate surface area is 207 Å². The van der Waals surface area contributed by atoms with E-state index < -0.39 is 0 Å². The molecule has 5 aromatic carbocycles. The number of benzene rings is 5. The smallest absolute Gasteiger partial charge is 0.137 e. The molecule has 168 valence electrons. The van der Waals surface area contributed by atoms with Gasteiger partial charge in [0.15, 0.2) is 0 Å². The molecule has 36 heavy (non-hydrogen) atoms. The van der Waals surface area contributed by atoms with Crippen LogP contribution in [0.15, 0.2) is 128 Å². The van der Waals surface area contributed by atoms with E-state index >= 15 is 0 Å². The molecule has 3 heteroatoms. The van der Waals surface area contributed by atoms with Crippen molar-refractivity contribution < 1.29 is 0 Å². The Morgan fingerprint density at radius 1 is 0.472 bits per heavy atom. The van der Waals surface area contributed by atoms with Gasteiger partial charge >= 0.3 is 0 Å². The van der Waals surface area contributed by atoms with Gasteiger partial charge in [0.25, 0.3) is 0 Å². The molecule has 0 saturated heterocycles. The van der Waals surface area contributed by atoms with Gasteiger partial charge < -0.3 is 9.13 Å². The average Bonchev–Trinajstić information content (AvgIpc) is 3.51. The molecule has 0 amide bonds. The highest BCUT2D eigenvalue weighted by atomic mass is 15.0. The van der Waals surface area contributed by atoms with Gasteiger partial charge in [-0.1, -0.05) is 60.7 Å². The van der Waals surface area contributed by atoms with Crippen molar-refractivity contribution in [3.05, 3.63) is 128 Å². The maximum absolute atomic E-state index is 4.94. The summed E-state index contributed by atoms with van der Waals surface area (Å²) >= 11 is 0. The summed E-state index contributed by atoms with van der Waals surface area (Å²) in [5.41, 5.74) is 5.80. The van der Waals surface area contributed by atoms with Crippen LogP contribution >= 0.6 is 0 Å². The molecule has 8 aromatic rings. The first-order chi connectivity index (χ1) is 17.8. The highest BCUT2D eigenvalue weighted by molar-refractivity contribution is 6.18. The predicted octanol–water partition coefficient (Wildman–Crippen LogP) is 8.43. The summed E-state index contributed by atoms with van der Waals surface area (Å²) in [5, 5.41) is 7.42. The van der Waals surface area contributed by atoms with Crippen LogP contribution in [0.25, 0.3) is 65.9 Å². The zero-order valence-electron chi connectivity index (χ0n) is 19.5. The van der Waals surface area contributed by atoms with Gasteiger partial charge in [0.1, 0.15) is 5.82 Å². The molecule has 0 saturated carbocycles. The number of aromatic nitrogens is 3. The molecule has 0 radical (unpaired) electrons. The predicted molar refractivity (Wildman–Crippen MR) is 150 cm³/mol. The van der Waals surface area contributed by atoms with E-state index in [0.29, 0.717) is 0 Å². The monoisotopic (exact) mass is 459 g/mol. The summed E-state index contributed by atoms with van der Waals surface area (Å²) in [7, 11) is 0. The van der Waals surface area contributed by atoms with Crippen LogP contribution in [0.5, 0.6) is 0 Å². The molecule has 0 fully saturated rings. The van der Waals surface area contributed by atoms with Gasteiger partial charge in [0, 0.05) is 33.4 Å².